The van der Waals surface area contributed by atoms with Gasteiger partial charge in [0.25, 0.3) is 0 Å². The molecule has 4 aromatic rings. The van der Waals surface area contributed by atoms with Gasteiger partial charge in [0, 0.05) is 0 Å². The SMILES string of the molecule is CCP(CC)CC.CCP(CC)CC.CCP(CC)CC.CCP(CC)CC.ClCCl.[Br-].[Br-].[Pt+2].[Pt+2].[c-]1ccc(C(=C(c2ccccc2)c2ccccc2)c2cc[c-]cc2)cc1. The zero-order valence-electron chi connectivity index (χ0n) is 39.5. The predicted octanol–water partition coefficient (Wildman–Crippen LogP) is 11.8. The Hall–Kier alpha value is 1.26. The topological polar surface area (TPSA) is 0 Å². The molecule has 0 aliphatic heterocycles. The minimum Gasteiger partial charge on any atom is -1.00 e. The van der Waals surface area contributed by atoms with Crippen LogP contribution in [0.4, 0.5) is 0 Å². The van der Waals surface area contributed by atoms with Crippen LogP contribution in [0.3, 0.4) is 0 Å². The maximum absolute atomic E-state index is 4.76. The number of alkyl halides is 2. The summed E-state index contributed by atoms with van der Waals surface area (Å²) in [6, 6.07) is 43.8. The fourth-order valence-electron chi connectivity index (χ4n) is 5.91. The number of hydrogen-bond donors (Lipinski definition) is 0. The largest absolute Gasteiger partial charge is 2.00 e. The molecule has 0 amide bonds. The Balaban J connectivity index is -0.000000180. The molecule has 0 atom stereocenters. The monoisotopic (exact) mass is 1430 g/mol. The van der Waals surface area contributed by atoms with E-state index in [4.69, 9.17) is 23.2 Å². The normalized spacial score (nSPS) is 9.41. The second kappa shape index (κ2) is 53.9. The summed E-state index contributed by atoms with van der Waals surface area (Å²) in [5.41, 5.74) is 7.20. The van der Waals surface area contributed by atoms with Gasteiger partial charge in [-0.25, -0.2) is 0 Å². The van der Waals surface area contributed by atoms with Gasteiger partial charge in [-0.1, -0.05) is 149 Å². The van der Waals surface area contributed by atoms with Gasteiger partial charge in [-0.15, -0.1) is 66.0 Å². The summed E-state index contributed by atoms with van der Waals surface area (Å²) < 4.78 is 0. The van der Waals surface area contributed by atoms with Crippen LogP contribution in [-0.2, 0) is 42.1 Å². The standard InChI is InChI=1S/C26H18.4C6H15P.CH2Cl2.2BrH.2Pt/c1-5-13-21(14-6-1)25(22-15-7-2-8-16-22)26(23-17-9-3-10-18-23)24-19-11-4-12-20-24;4*1-4-7(5-2)6-3;2-1-3;;;;/h1-2,5-20H;4*4-6H2,1-3H3;1H2;2*1H;;/q-2;;;;;;;;2*+2/p-2. The molecule has 0 saturated carbocycles. The van der Waals surface area contributed by atoms with Crippen molar-refractivity contribution < 1.29 is 76.1 Å². The van der Waals surface area contributed by atoms with E-state index < -0.39 is 0 Å². The first-order chi connectivity index (χ1) is 27.7. The molecule has 0 bridgehead atoms. The maximum Gasteiger partial charge on any atom is 2.00 e. The van der Waals surface area contributed by atoms with Crippen molar-refractivity contribution in [1.29, 1.82) is 0 Å². The third kappa shape index (κ3) is 36.0. The van der Waals surface area contributed by atoms with E-state index in [1.807, 2.05) is 24.3 Å². The molecule has 0 spiro atoms. The Bertz CT molecular complexity index is 1190. The van der Waals surface area contributed by atoms with E-state index in [2.05, 4.69) is 180 Å². The zero-order valence-corrected chi connectivity index (χ0v) is 52.3. The van der Waals surface area contributed by atoms with E-state index in [1.54, 1.807) is 0 Å². The second-order valence-corrected chi connectivity index (χ2v) is 26.4. The van der Waals surface area contributed by atoms with Gasteiger partial charge in [-0.3, -0.25) is 0 Å². The van der Waals surface area contributed by atoms with E-state index >= 15 is 0 Å². The molecule has 352 valence electrons. The molecule has 0 heterocycles. The number of halogens is 4. The summed E-state index contributed by atoms with van der Waals surface area (Å²) in [6.07, 6.45) is 17.0. The van der Waals surface area contributed by atoms with Crippen molar-refractivity contribution in [2.45, 2.75) is 83.1 Å². The van der Waals surface area contributed by atoms with Crippen molar-refractivity contribution >= 4 is 66.0 Å². The van der Waals surface area contributed by atoms with Crippen molar-refractivity contribution in [2.24, 2.45) is 0 Å². The average molecular weight is 1440 g/mol. The van der Waals surface area contributed by atoms with Crippen LogP contribution in [-0.4, -0.2) is 79.3 Å². The van der Waals surface area contributed by atoms with Crippen molar-refractivity contribution in [3.63, 3.8) is 0 Å². The molecule has 0 aliphatic carbocycles. The van der Waals surface area contributed by atoms with Crippen LogP contribution in [0, 0.1) is 12.1 Å². The fourth-order valence-corrected chi connectivity index (χ4v) is 11.3. The molecule has 0 nitrogen and oxygen atoms in total. The molecule has 0 aliphatic rings. The van der Waals surface area contributed by atoms with Crippen molar-refractivity contribution in [3.8, 4) is 0 Å². The van der Waals surface area contributed by atoms with Crippen LogP contribution in [0.25, 0.3) is 11.1 Å². The summed E-state index contributed by atoms with van der Waals surface area (Å²) in [6.45, 7) is 27.5. The molecule has 4 rings (SSSR count). The quantitative estimate of drug-likeness (QED) is 0.0454. The Labute approximate surface area is 443 Å². The van der Waals surface area contributed by atoms with Crippen LogP contribution in [0.5, 0.6) is 0 Å². The second-order valence-electron chi connectivity index (χ2n) is 12.6. The van der Waals surface area contributed by atoms with Crippen molar-refractivity contribution in [2.75, 3.05) is 79.3 Å². The van der Waals surface area contributed by atoms with Crippen molar-refractivity contribution in [3.05, 3.63) is 144 Å². The zero-order chi connectivity index (χ0) is 43.1. The van der Waals surface area contributed by atoms with Crippen LogP contribution < -0.4 is 34.0 Å². The molecule has 61 heavy (non-hydrogen) atoms. The first-order valence-electron chi connectivity index (χ1n) is 21.5. The predicted molar refractivity (Wildman–Crippen MR) is 279 cm³/mol. The summed E-state index contributed by atoms with van der Waals surface area (Å²) in [4.78, 5) is 0. The Morgan fingerprint density at radius 2 is 0.508 bits per heavy atom. The van der Waals surface area contributed by atoms with Gasteiger partial charge >= 0.3 is 42.1 Å². The first kappa shape index (κ1) is 73.8. The molecular weight excluding hydrogens is 1360 g/mol. The van der Waals surface area contributed by atoms with Crippen LogP contribution >= 0.6 is 54.9 Å². The fraction of sp³-hybridized carbons (Fsp3) is 0.490. The third-order valence-electron chi connectivity index (χ3n) is 9.76. The van der Waals surface area contributed by atoms with Crippen LogP contribution in [0.15, 0.2) is 109 Å². The summed E-state index contributed by atoms with van der Waals surface area (Å²) in [5, 5.41) is 0.194. The maximum atomic E-state index is 4.76. The molecule has 0 fully saturated rings. The summed E-state index contributed by atoms with van der Waals surface area (Å²) in [7, 11) is 1.78. The first-order valence-corrected chi connectivity index (χ1v) is 30.2. The van der Waals surface area contributed by atoms with E-state index in [1.165, 1.54) is 107 Å². The molecule has 0 aromatic heterocycles. The van der Waals surface area contributed by atoms with Gasteiger partial charge in [0.1, 0.15) is 0 Å². The molecule has 4 aromatic carbocycles. The molecule has 0 unspecified atom stereocenters. The van der Waals surface area contributed by atoms with E-state index in [0.29, 0.717) is 31.7 Å². The Kier molecular flexibility index (Phi) is 65.2. The number of rotatable bonds is 16. The summed E-state index contributed by atoms with van der Waals surface area (Å²) in [5.74, 6) is 0. The van der Waals surface area contributed by atoms with Gasteiger partial charge in [0.2, 0.25) is 0 Å². The number of benzene rings is 4. The molecule has 0 radical (unpaired) electrons. The van der Waals surface area contributed by atoms with Crippen molar-refractivity contribution in [1.82, 2.24) is 0 Å². The Morgan fingerprint density at radius 1 is 0.344 bits per heavy atom. The Morgan fingerprint density at radius 3 is 0.656 bits per heavy atom. The molecule has 0 saturated heterocycles. The summed E-state index contributed by atoms with van der Waals surface area (Å²) >= 11 is 9.53. The van der Waals surface area contributed by atoms with Gasteiger partial charge in [0.05, 0.1) is 5.34 Å². The van der Waals surface area contributed by atoms with E-state index in [0.717, 1.165) is 0 Å². The molecular formula is C51H80Br2Cl2P4Pt2. The van der Waals surface area contributed by atoms with E-state index in [-0.39, 0.29) is 81.4 Å². The smallest absolute Gasteiger partial charge is 1.00 e. The minimum atomic E-state index is 0. The van der Waals surface area contributed by atoms with Crippen LogP contribution in [0.1, 0.15) is 105 Å². The van der Waals surface area contributed by atoms with Gasteiger partial charge in [0.15, 0.2) is 0 Å². The van der Waals surface area contributed by atoms with Crippen LogP contribution in [0.2, 0.25) is 0 Å². The average Bonchev–Trinajstić information content (AvgIpc) is 3.28. The third-order valence-corrected chi connectivity index (χ3v) is 20.5. The van der Waals surface area contributed by atoms with Gasteiger partial charge in [-0.2, -0.15) is 60.7 Å². The van der Waals surface area contributed by atoms with Gasteiger partial charge < -0.3 is 34.0 Å². The molecule has 0 N–H and O–H groups in total. The van der Waals surface area contributed by atoms with E-state index in [9.17, 15) is 0 Å². The van der Waals surface area contributed by atoms with Gasteiger partial charge in [-0.05, 0) is 90.6 Å². The minimum absolute atomic E-state index is 0. The number of hydrogen-bond acceptors (Lipinski definition) is 0. The molecule has 10 heteroatoms.